The van der Waals surface area contributed by atoms with E-state index in [0.29, 0.717) is 18.2 Å². The molecule has 7 nitrogen and oxygen atoms in total. The van der Waals surface area contributed by atoms with Crippen LogP contribution in [0.25, 0.3) is 0 Å². The van der Waals surface area contributed by atoms with Crippen molar-refractivity contribution in [1.29, 1.82) is 0 Å². The number of amides is 2. The molecule has 1 aliphatic carbocycles. The molecule has 104 valence electrons. The third-order valence-corrected chi connectivity index (χ3v) is 3.02. The molecule has 7 heteroatoms. The molecule has 1 aromatic heterocycles. The third-order valence-electron chi connectivity index (χ3n) is 3.02. The number of rotatable bonds is 6. The average molecular weight is 265 g/mol. The number of carbonyl (C=O) groups is 2. The summed E-state index contributed by atoms with van der Waals surface area (Å²) in [5, 5.41) is 11.9. The summed E-state index contributed by atoms with van der Waals surface area (Å²) in [7, 11) is 0. The van der Waals surface area contributed by atoms with Gasteiger partial charge in [0.25, 0.3) is 5.91 Å². The summed E-state index contributed by atoms with van der Waals surface area (Å²) in [6, 6.07) is 0. The molecule has 0 radical (unpaired) electrons. The number of hydrogen-bond donors (Lipinski definition) is 4. The van der Waals surface area contributed by atoms with Crippen LogP contribution in [0.5, 0.6) is 0 Å². The Balaban J connectivity index is 1.87. The van der Waals surface area contributed by atoms with Gasteiger partial charge in [0.2, 0.25) is 5.91 Å². The summed E-state index contributed by atoms with van der Waals surface area (Å²) in [5.41, 5.74) is 7.28. The number of aromatic amines is 1. The molecule has 2 rings (SSSR count). The summed E-state index contributed by atoms with van der Waals surface area (Å²) in [6.07, 6.45) is 3.01. The first-order chi connectivity index (χ1) is 9.13. The van der Waals surface area contributed by atoms with Gasteiger partial charge in [0.05, 0.1) is 17.9 Å². The van der Waals surface area contributed by atoms with E-state index in [1.54, 1.807) is 0 Å². The molecule has 1 aliphatic rings. The molecule has 1 aromatic rings. The Labute approximate surface area is 111 Å². The second-order valence-corrected chi connectivity index (χ2v) is 4.71. The van der Waals surface area contributed by atoms with Gasteiger partial charge in [0, 0.05) is 12.5 Å². The third kappa shape index (κ3) is 3.24. The van der Waals surface area contributed by atoms with E-state index in [1.165, 1.54) is 0 Å². The monoisotopic (exact) mass is 265 g/mol. The van der Waals surface area contributed by atoms with Crippen molar-refractivity contribution in [1.82, 2.24) is 20.8 Å². The predicted octanol–water partition coefficient (Wildman–Crippen LogP) is 0.125. The van der Waals surface area contributed by atoms with Crippen LogP contribution >= 0.6 is 0 Å². The second kappa shape index (κ2) is 5.73. The van der Waals surface area contributed by atoms with Crippen LogP contribution in [0.3, 0.4) is 0 Å². The van der Waals surface area contributed by atoms with Crippen molar-refractivity contribution in [3.05, 3.63) is 11.4 Å². The Morgan fingerprint density at radius 3 is 2.79 bits per heavy atom. The maximum Gasteiger partial charge on any atom is 0.274 e. The number of nitrogens with two attached hydrogens (primary N) is 1. The largest absolute Gasteiger partial charge is 0.395 e. The van der Waals surface area contributed by atoms with Crippen molar-refractivity contribution in [3.63, 3.8) is 0 Å². The molecular weight excluding hydrogens is 246 g/mol. The molecule has 0 unspecified atom stereocenters. The normalized spacial score (nSPS) is 14.2. The van der Waals surface area contributed by atoms with Crippen LogP contribution < -0.4 is 16.4 Å². The van der Waals surface area contributed by atoms with Crippen LogP contribution in [0.4, 0.5) is 5.69 Å². The molecule has 2 amide bonds. The van der Waals surface area contributed by atoms with Crippen molar-refractivity contribution >= 4 is 17.5 Å². The number of aromatic nitrogens is 2. The lowest BCUT2D eigenvalue weighted by Crippen LogP contribution is -2.37. The zero-order valence-corrected chi connectivity index (χ0v) is 11.0. The number of nitrogens with zero attached hydrogens (tertiary/aromatic N) is 1. The van der Waals surface area contributed by atoms with Gasteiger partial charge in [-0.2, -0.15) is 5.10 Å². The van der Waals surface area contributed by atoms with Crippen LogP contribution in [0.2, 0.25) is 0 Å². The van der Waals surface area contributed by atoms with Gasteiger partial charge in [0.1, 0.15) is 0 Å². The van der Waals surface area contributed by atoms with Gasteiger partial charge in [-0.25, -0.2) is 0 Å². The highest BCUT2D eigenvalue weighted by molar-refractivity contribution is 5.99. The lowest BCUT2D eigenvalue weighted by atomic mass is 10.2. The fourth-order valence-electron chi connectivity index (χ4n) is 1.79. The quantitative estimate of drug-likeness (QED) is 0.585. The van der Waals surface area contributed by atoms with Gasteiger partial charge in [-0.1, -0.05) is 6.92 Å². The molecule has 5 N–H and O–H groups in total. The van der Waals surface area contributed by atoms with Gasteiger partial charge >= 0.3 is 0 Å². The van der Waals surface area contributed by atoms with E-state index in [4.69, 9.17) is 5.73 Å². The zero-order chi connectivity index (χ0) is 13.8. The molecule has 19 heavy (non-hydrogen) atoms. The number of carbonyl (C=O) groups excluding carboxylic acids is 2. The molecule has 0 bridgehead atoms. The van der Waals surface area contributed by atoms with Crippen LogP contribution in [0.15, 0.2) is 0 Å². The fraction of sp³-hybridized carbons (Fsp3) is 0.583. The van der Waals surface area contributed by atoms with E-state index in [2.05, 4.69) is 20.8 Å². The van der Waals surface area contributed by atoms with Gasteiger partial charge in [-0.15, -0.1) is 0 Å². The van der Waals surface area contributed by atoms with Crippen LogP contribution in [-0.2, 0) is 4.79 Å². The Hall–Kier alpha value is -2.05. The SMILES string of the molecule is CCCNC(=O)CNC(=O)c1n[nH]c(C2CC2)c1N. The number of nitrogens with one attached hydrogen (secondary N) is 3. The summed E-state index contributed by atoms with van der Waals surface area (Å²) < 4.78 is 0. The maximum atomic E-state index is 11.8. The lowest BCUT2D eigenvalue weighted by molar-refractivity contribution is -0.120. The number of hydrogen-bond acceptors (Lipinski definition) is 4. The van der Waals surface area contributed by atoms with Crippen molar-refractivity contribution < 1.29 is 9.59 Å². The van der Waals surface area contributed by atoms with Gasteiger partial charge in [-0.05, 0) is 19.3 Å². The van der Waals surface area contributed by atoms with Gasteiger partial charge < -0.3 is 16.4 Å². The summed E-state index contributed by atoms with van der Waals surface area (Å²) in [6.45, 7) is 2.50. The molecular formula is C12H19N5O2. The Kier molecular flexibility index (Phi) is 4.03. The zero-order valence-electron chi connectivity index (χ0n) is 11.0. The molecule has 0 atom stereocenters. The average Bonchev–Trinajstić information content (AvgIpc) is 3.17. The topological polar surface area (TPSA) is 113 Å². The number of anilines is 1. The van der Waals surface area contributed by atoms with Crippen LogP contribution in [0.1, 0.15) is 48.3 Å². The molecule has 0 aromatic carbocycles. The standard InChI is InChI=1S/C12H19N5O2/c1-2-5-14-8(18)6-15-12(19)11-9(13)10(16-17-11)7-3-4-7/h7H,2-6,13H2,1H3,(H,14,18)(H,15,19)(H,16,17). The molecule has 0 saturated heterocycles. The minimum Gasteiger partial charge on any atom is -0.395 e. The highest BCUT2D eigenvalue weighted by atomic mass is 16.2. The molecule has 1 heterocycles. The van der Waals surface area contributed by atoms with E-state index < -0.39 is 5.91 Å². The summed E-state index contributed by atoms with van der Waals surface area (Å²) in [5.74, 6) is -0.235. The van der Waals surface area contributed by atoms with Crippen molar-refractivity contribution in [2.24, 2.45) is 0 Å². The lowest BCUT2D eigenvalue weighted by Gasteiger charge is -2.05. The first-order valence-electron chi connectivity index (χ1n) is 6.52. The smallest absolute Gasteiger partial charge is 0.274 e. The Bertz CT molecular complexity index is 478. The number of nitrogen functional groups attached to an aromatic ring is 1. The number of H-pyrrole nitrogens is 1. The summed E-state index contributed by atoms with van der Waals surface area (Å²) >= 11 is 0. The van der Waals surface area contributed by atoms with Gasteiger partial charge in [0.15, 0.2) is 5.69 Å². The minimum atomic E-state index is -0.424. The van der Waals surface area contributed by atoms with Gasteiger partial charge in [-0.3, -0.25) is 14.7 Å². The van der Waals surface area contributed by atoms with Crippen LogP contribution in [0, 0.1) is 0 Å². The highest BCUT2D eigenvalue weighted by Crippen LogP contribution is 2.42. The Morgan fingerprint density at radius 2 is 2.16 bits per heavy atom. The molecule has 0 spiro atoms. The van der Waals surface area contributed by atoms with Crippen molar-refractivity contribution in [2.45, 2.75) is 32.1 Å². The van der Waals surface area contributed by atoms with E-state index in [-0.39, 0.29) is 18.1 Å². The first-order valence-corrected chi connectivity index (χ1v) is 6.52. The van der Waals surface area contributed by atoms with E-state index in [0.717, 1.165) is 25.0 Å². The Morgan fingerprint density at radius 1 is 1.42 bits per heavy atom. The van der Waals surface area contributed by atoms with E-state index in [1.807, 2.05) is 6.92 Å². The second-order valence-electron chi connectivity index (χ2n) is 4.71. The fourth-order valence-corrected chi connectivity index (χ4v) is 1.79. The predicted molar refractivity (Wildman–Crippen MR) is 70.6 cm³/mol. The summed E-state index contributed by atoms with van der Waals surface area (Å²) in [4.78, 5) is 23.2. The molecule has 0 aliphatic heterocycles. The van der Waals surface area contributed by atoms with E-state index >= 15 is 0 Å². The molecule has 1 fully saturated rings. The molecule has 1 saturated carbocycles. The van der Waals surface area contributed by atoms with Crippen LogP contribution in [-0.4, -0.2) is 35.1 Å². The van der Waals surface area contributed by atoms with Crippen molar-refractivity contribution in [2.75, 3.05) is 18.8 Å². The van der Waals surface area contributed by atoms with E-state index in [9.17, 15) is 9.59 Å². The first kappa shape index (κ1) is 13.4. The van der Waals surface area contributed by atoms with Crippen molar-refractivity contribution in [3.8, 4) is 0 Å². The highest BCUT2D eigenvalue weighted by Gasteiger charge is 2.30. The maximum absolute atomic E-state index is 11.8. The minimum absolute atomic E-state index is 0.0656.